The Bertz CT molecular complexity index is 569. The Balaban J connectivity index is 3.12. The average molecular weight is 181 g/mol. The summed E-state index contributed by atoms with van der Waals surface area (Å²) in [6, 6.07) is 3.84. The summed E-state index contributed by atoms with van der Waals surface area (Å²) in [5, 5.41) is -0.234. The second kappa shape index (κ2) is 2.55. The largest absolute Gasteiger partial charge is 0.419 e. The van der Waals surface area contributed by atoms with Gasteiger partial charge in [0.2, 0.25) is 0 Å². The fourth-order valence-electron chi connectivity index (χ4n) is 1.09. The molecule has 1 N–H and O–H groups in total. The van der Waals surface area contributed by atoms with Crippen molar-refractivity contribution in [1.29, 1.82) is 0 Å². The van der Waals surface area contributed by atoms with Crippen LogP contribution in [0.5, 0.6) is 0 Å². The van der Waals surface area contributed by atoms with Crippen LogP contribution in [-0.2, 0) is 0 Å². The summed E-state index contributed by atoms with van der Waals surface area (Å²) in [7, 11) is 0. The molecule has 5 heteroatoms. The van der Waals surface area contributed by atoms with Crippen molar-refractivity contribution in [3.8, 4) is 0 Å². The van der Waals surface area contributed by atoms with Gasteiger partial charge in [0.25, 0.3) is 5.56 Å². The minimum absolute atomic E-state index is 0.0475. The van der Waals surface area contributed by atoms with E-state index in [1.54, 1.807) is 0 Å². The van der Waals surface area contributed by atoms with Crippen molar-refractivity contribution in [3.63, 3.8) is 0 Å². The molecule has 0 amide bonds. The van der Waals surface area contributed by atoms with Crippen LogP contribution in [0.25, 0.3) is 11.0 Å². The summed E-state index contributed by atoms with van der Waals surface area (Å²) in [5.74, 6) is -1.59. The first-order valence-electron chi connectivity index (χ1n) is 3.50. The fourth-order valence-corrected chi connectivity index (χ4v) is 1.09. The molecule has 0 atom stereocenters. The van der Waals surface area contributed by atoms with Crippen molar-refractivity contribution in [1.82, 2.24) is 4.98 Å². The maximum Gasteiger partial charge on any atom is 0.419 e. The van der Waals surface area contributed by atoms with Gasteiger partial charge in [-0.05, 0) is 12.1 Å². The maximum absolute atomic E-state index is 13.0. The quantitative estimate of drug-likeness (QED) is 0.647. The lowest BCUT2D eigenvalue weighted by molar-refractivity contribution is 0.523. The predicted molar refractivity (Wildman–Crippen MR) is 43.1 cm³/mol. The topological polar surface area (TPSA) is 63.1 Å². The number of nitrogens with one attached hydrogen (secondary N) is 1. The lowest BCUT2D eigenvalue weighted by Gasteiger charge is -1.94. The Hall–Kier alpha value is -1.91. The zero-order chi connectivity index (χ0) is 9.42. The van der Waals surface area contributed by atoms with Gasteiger partial charge in [-0.15, -0.1) is 0 Å². The first-order chi connectivity index (χ1) is 6.18. The van der Waals surface area contributed by atoms with E-state index in [-0.39, 0.29) is 11.0 Å². The van der Waals surface area contributed by atoms with Crippen molar-refractivity contribution in [2.75, 3.05) is 0 Å². The van der Waals surface area contributed by atoms with Crippen LogP contribution in [0, 0.1) is 5.82 Å². The van der Waals surface area contributed by atoms with Crippen LogP contribution >= 0.6 is 0 Å². The third-order valence-corrected chi connectivity index (χ3v) is 1.62. The van der Waals surface area contributed by atoms with Gasteiger partial charge in [-0.1, -0.05) is 6.07 Å². The molecule has 1 heterocycles. The minimum Gasteiger partial charge on any atom is -0.409 e. The van der Waals surface area contributed by atoms with Gasteiger partial charge in [0.1, 0.15) is 16.8 Å². The van der Waals surface area contributed by atoms with Crippen molar-refractivity contribution in [2.24, 2.45) is 0 Å². The van der Waals surface area contributed by atoms with Crippen molar-refractivity contribution >= 4 is 11.0 Å². The SMILES string of the molecule is O=c1[nH]c(=O)c2c(F)cccc2o1. The van der Waals surface area contributed by atoms with Crippen LogP contribution in [0.1, 0.15) is 0 Å². The van der Waals surface area contributed by atoms with E-state index in [9.17, 15) is 14.0 Å². The Kier molecular flexibility index (Phi) is 1.51. The number of aromatic amines is 1. The number of hydrogen-bond acceptors (Lipinski definition) is 3. The second-order valence-electron chi connectivity index (χ2n) is 2.46. The van der Waals surface area contributed by atoms with Crippen molar-refractivity contribution < 1.29 is 8.81 Å². The summed E-state index contributed by atoms with van der Waals surface area (Å²) >= 11 is 0. The number of hydrogen-bond donors (Lipinski definition) is 1. The molecule has 0 saturated heterocycles. The van der Waals surface area contributed by atoms with Gasteiger partial charge >= 0.3 is 5.76 Å². The third kappa shape index (κ3) is 1.14. The second-order valence-corrected chi connectivity index (χ2v) is 2.46. The first kappa shape index (κ1) is 7.72. The van der Waals surface area contributed by atoms with E-state index in [0.29, 0.717) is 0 Å². The summed E-state index contributed by atoms with van der Waals surface area (Å²) < 4.78 is 17.6. The van der Waals surface area contributed by atoms with E-state index < -0.39 is 17.1 Å². The van der Waals surface area contributed by atoms with Crippen LogP contribution in [0.2, 0.25) is 0 Å². The Morgan fingerprint density at radius 1 is 1.31 bits per heavy atom. The van der Waals surface area contributed by atoms with Crippen molar-refractivity contribution in [2.45, 2.75) is 0 Å². The highest BCUT2D eigenvalue weighted by Crippen LogP contribution is 2.10. The molecule has 0 fully saturated rings. The van der Waals surface area contributed by atoms with E-state index in [0.717, 1.165) is 6.07 Å². The molecule has 2 rings (SSSR count). The predicted octanol–water partition coefficient (Wildman–Crippen LogP) is 0.620. The molecule has 66 valence electrons. The highest BCUT2D eigenvalue weighted by atomic mass is 19.1. The van der Waals surface area contributed by atoms with Gasteiger partial charge in [0, 0.05) is 0 Å². The molecule has 4 nitrogen and oxygen atoms in total. The monoisotopic (exact) mass is 181 g/mol. The highest BCUT2D eigenvalue weighted by Gasteiger charge is 2.06. The summed E-state index contributed by atoms with van der Waals surface area (Å²) in [4.78, 5) is 23.6. The van der Waals surface area contributed by atoms with Crippen LogP contribution in [-0.4, -0.2) is 4.98 Å². The van der Waals surface area contributed by atoms with Crippen molar-refractivity contribution in [3.05, 3.63) is 44.9 Å². The molecule has 0 aliphatic heterocycles. The van der Waals surface area contributed by atoms with E-state index >= 15 is 0 Å². The summed E-state index contributed by atoms with van der Waals surface area (Å²) in [5.41, 5.74) is -0.821. The molecule has 0 unspecified atom stereocenters. The van der Waals surface area contributed by atoms with Crippen LogP contribution in [0.15, 0.2) is 32.2 Å². The molecule has 13 heavy (non-hydrogen) atoms. The molecule has 1 aromatic heterocycles. The molecule has 0 radical (unpaired) electrons. The zero-order valence-electron chi connectivity index (χ0n) is 6.33. The number of benzene rings is 1. The lowest BCUT2D eigenvalue weighted by Crippen LogP contribution is -2.18. The number of rotatable bonds is 0. The van der Waals surface area contributed by atoms with E-state index in [1.165, 1.54) is 12.1 Å². The van der Waals surface area contributed by atoms with Gasteiger partial charge in [0.05, 0.1) is 0 Å². The standard InChI is InChI=1S/C8H4FNO3/c9-4-2-1-3-5-6(4)7(11)10-8(12)13-5/h1-3H,(H,10,11,12). The Labute approximate surface area is 70.6 Å². The molecule has 0 bridgehead atoms. The molecule has 0 aliphatic rings. The van der Waals surface area contributed by atoms with Gasteiger partial charge in [-0.3, -0.25) is 9.78 Å². The Morgan fingerprint density at radius 2 is 2.08 bits per heavy atom. The maximum atomic E-state index is 13.0. The average Bonchev–Trinajstić information content (AvgIpc) is 2.02. The normalized spacial score (nSPS) is 10.5. The Morgan fingerprint density at radius 3 is 2.85 bits per heavy atom. The van der Waals surface area contributed by atoms with Gasteiger partial charge in [0.15, 0.2) is 0 Å². The molecule has 1 aromatic carbocycles. The molecular weight excluding hydrogens is 177 g/mol. The van der Waals surface area contributed by atoms with E-state index in [4.69, 9.17) is 0 Å². The van der Waals surface area contributed by atoms with Crippen LogP contribution in [0.3, 0.4) is 0 Å². The number of halogens is 1. The van der Waals surface area contributed by atoms with E-state index in [1.807, 2.05) is 4.98 Å². The molecular formula is C8H4FNO3. The number of H-pyrrole nitrogens is 1. The van der Waals surface area contributed by atoms with Crippen LogP contribution in [0.4, 0.5) is 4.39 Å². The molecule has 2 aromatic rings. The number of aromatic nitrogens is 1. The lowest BCUT2D eigenvalue weighted by atomic mass is 10.2. The smallest absolute Gasteiger partial charge is 0.409 e. The summed E-state index contributed by atoms with van der Waals surface area (Å²) in [6.45, 7) is 0. The zero-order valence-corrected chi connectivity index (χ0v) is 6.33. The first-order valence-corrected chi connectivity index (χ1v) is 3.50. The molecule has 0 spiro atoms. The number of fused-ring (bicyclic) bond motifs is 1. The minimum atomic E-state index is -0.886. The fraction of sp³-hybridized carbons (Fsp3) is 0. The van der Waals surface area contributed by atoms with E-state index in [2.05, 4.69) is 4.42 Å². The van der Waals surface area contributed by atoms with Gasteiger partial charge in [-0.2, -0.15) is 0 Å². The third-order valence-electron chi connectivity index (χ3n) is 1.62. The molecule has 0 saturated carbocycles. The summed E-state index contributed by atoms with van der Waals surface area (Å²) in [6.07, 6.45) is 0. The molecule has 0 aliphatic carbocycles. The van der Waals surface area contributed by atoms with Crippen LogP contribution < -0.4 is 11.3 Å². The highest BCUT2D eigenvalue weighted by molar-refractivity contribution is 5.75. The van der Waals surface area contributed by atoms with Gasteiger partial charge in [-0.25, -0.2) is 9.18 Å². The van der Waals surface area contributed by atoms with Gasteiger partial charge < -0.3 is 4.42 Å².